The molecule has 0 unspecified atom stereocenters. The molecule has 1 heterocycles. The first-order chi connectivity index (χ1) is 7.16. The maximum absolute atomic E-state index is 8.65. The highest BCUT2D eigenvalue weighted by Gasteiger charge is 2.05. The lowest BCUT2D eigenvalue weighted by Crippen LogP contribution is -2.02. The predicted octanol–water partition coefficient (Wildman–Crippen LogP) is 2.36. The summed E-state index contributed by atoms with van der Waals surface area (Å²) in [6.45, 7) is 7.64. The highest BCUT2D eigenvalue weighted by Crippen LogP contribution is 2.12. The molecule has 3 heteroatoms. The molecule has 0 aromatic carbocycles. The lowest BCUT2D eigenvalue weighted by molar-refractivity contribution is 0.282. The van der Waals surface area contributed by atoms with E-state index in [0.717, 1.165) is 31.5 Å². The molecule has 1 aromatic heterocycles. The quantitative estimate of drug-likeness (QED) is 0.732. The molecule has 0 atom stereocenters. The lowest BCUT2D eigenvalue weighted by atomic mass is 10.2. The van der Waals surface area contributed by atoms with Gasteiger partial charge in [0.05, 0.1) is 5.69 Å². The van der Waals surface area contributed by atoms with Gasteiger partial charge in [0.15, 0.2) is 0 Å². The maximum atomic E-state index is 8.65. The second-order valence-corrected chi connectivity index (χ2v) is 4.16. The second-order valence-electron chi connectivity index (χ2n) is 4.16. The van der Waals surface area contributed by atoms with Crippen LogP contribution in [0.3, 0.4) is 0 Å². The Labute approximate surface area is 92.1 Å². The fourth-order valence-electron chi connectivity index (χ4n) is 1.73. The van der Waals surface area contributed by atoms with Gasteiger partial charge in [-0.3, -0.25) is 4.68 Å². The highest BCUT2D eigenvalue weighted by molar-refractivity contribution is 5.21. The second kappa shape index (κ2) is 5.91. The molecule has 0 bridgehead atoms. The molecule has 3 nitrogen and oxygen atoms in total. The van der Waals surface area contributed by atoms with Gasteiger partial charge in [0, 0.05) is 18.8 Å². The Hall–Kier alpha value is -0.830. The van der Waals surface area contributed by atoms with Gasteiger partial charge in [-0.25, -0.2) is 0 Å². The summed E-state index contributed by atoms with van der Waals surface area (Å²) in [7, 11) is 0. The molecule has 0 aliphatic carbocycles. The molecule has 0 saturated carbocycles. The predicted molar refractivity (Wildman–Crippen MR) is 62.0 cm³/mol. The molecular weight excluding hydrogens is 188 g/mol. The average Bonchev–Trinajstić information content (AvgIpc) is 2.46. The van der Waals surface area contributed by atoms with Crippen LogP contribution in [0.1, 0.15) is 42.6 Å². The zero-order valence-corrected chi connectivity index (χ0v) is 10.1. The first-order valence-corrected chi connectivity index (χ1v) is 5.78. The van der Waals surface area contributed by atoms with E-state index in [-0.39, 0.29) is 0 Å². The highest BCUT2D eigenvalue weighted by atomic mass is 16.2. The molecule has 0 fully saturated rings. The number of aromatic nitrogens is 2. The van der Waals surface area contributed by atoms with Crippen molar-refractivity contribution in [1.82, 2.24) is 9.78 Å². The van der Waals surface area contributed by atoms with Crippen LogP contribution in [0.4, 0.5) is 0 Å². The topological polar surface area (TPSA) is 38.0 Å². The standard InChI is InChI=1S/C12H22N2O/c1-10-11(2)13-14(12(10)3)8-6-4-5-7-9-15/h15H,4-9H2,1-3H3. The Morgan fingerprint density at radius 1 is 1.07 bits per heavy atom. The van der Waals surface area contributed by atoms with E-state index in [1.165, 1.54) is 17.7 Å². The van der Waals surface area contributed by atoms with Crippen LogP contribution in [0.25, 0.3) is 0 Å². The molecule has 0 amide bonds. The first kappa shape index (κ1) is 12.2. The van der Waals surface area contributed by atoms with Gasteiger partial charge in [0.2, 0.25) is 0 Å². The molecule has 15 heavy (non-hydrogen) atoms. The van der Waals surface area contributed by atoms with Crippen molar-refractivity contribution < 1.29 is 5.11 Å². The van der Waals surface area contributed by atoms with Crippen molar-refractivity contribution >= 4 is 0 Å². The summed E-state index contributed by atoms with van der Waals surface area (Å²) in [6, 6.07) is 0. The molecule has 0 aliphatic heterocycles. The summed E-state index contributed by atoms with van der Waals surface area (Å²) in [5.41, 5.74) is 3.74. The van der Waals surface area contributed by atoms with Crippen molar-refractivity contribution in [3.8, 4) is 0 Å². The van der Waals surface area contributed by atoms with Crippen LogP contribution in [0, 0.1) is 20.8 Å². The van der Waals surface area contributed by atoms with Gasteiger partial charge in [0.1, 0.15) is 0 Å². The van der Waals surface area contributed by atoms with Gasteiger partial charge >= 0.3 is 0 Å². The van der Waals surface area contributed by atoms with Crippen molar-refractivity contribution in [2.45, 2.75) is 53.0 Å². The van der Waals surface area contributed by atoms with E-state index in [9.17, 15) is 0 Å². The van der Waals surface area contributed by atoms with E-state index < -0.39 is 0 Å². The fourth-order valence-corrected chi connectivity index (χ4v) is 1.73. The van der Waals surface area contributed by atoms with E-state index in [0.29, 0.717) is 6.61 Å². The Kier molecular flexibility index (Phi) is 4.82. The third-order valence-corrected chi connectivity index (χ3v) is 3.02. The van der Waals surface area contributed by atoms with Gasteiger partial charge in [0.25, 0.3) is 0 Å². The van der Waals surface area contributed by atoms with Crippen LogP contribution in [-0.2, 0) is 6.54 Å². The zero-order chi connectivity index (χ0) is 11.3. The number of rotatable bonds is 6. The van der Waals surface area contributed by atoms with E-state index in [1.54, 1.807) is 0 Å². The summed E-state index contributed by atoms with van der Waals surface area (Å²) in [5.74, 6) is 0. The minimum atomic E-state index is 0.318. The Morgan fingerprint density at radius 2 is 1.73 bits per heavy atom. The van der Waals surface area contributed by atoms with Crippen LogP contribution in [0.15, 0.2) is 0 Å². The average molecular weight is 210 g/mol. The number of aliphatic hydroxyl groups is 1. The van der Waals surface area contributed by atoms with Gasteiger partial charge in [-0.05, 0) is 39.2 Å². The van der Waals surface area contributed by atoms with Gasteiger partial charge in [-0.15, -0.1) is 0 Å². The largest absolute Gasteiger partial charge is 0.396 e. The van der Waals surface area contributed by atoms with Crippen LogP contribution in [0.5, 0.6) is 0 Å². The van der Waals surface area contributed by atoms with Crippen LogP contribution in [0.2, 0.25) is 0 Å². The fraction of sp³-hybridized carbons (Fsp3) is 0.750. The Morgan fingerprint density at radius 3 is 2.27 bits per heavy atom. The van der Waals surface area contributed by atoms with Crippen LogP contribution < -0.4 is 0 Å². The van der Waals surface area contributed by atoms with E-state index in [4.69, 9.17) is 5.11 Å². The molecule has 1 N–H and O–H groups in total. The molecule has 0 aliphatic rings. The SMILES string of the molecule is Cc1nn(CCCCCCO)c(C)c1C. The summed E-state index contributed by atoms with van der Waals surface area (Å²) in [5, 5.41) is 13.1. The summed E-state index contributed by atoms with van der Waals surface area (Å²) in [4.78, 5) is 0. The van der Waals surface area contributed by atoms with Crippen molar-refractivity contribution in [2.75, 3.05) is 6.61 Å². The lowest BCUT2D eigenvalue weighted by Gasteiger charge is -2.04. The Balaban J connectivity index is 2.34. The van der Waals surface area contributed by atoms with Crippen molar-refractivity contribution in [1.29, 1.82) is 0 Å². The Bertz CT molecular complexity index is 305. The summed E-state index contributed by atoms with van der Waals surface area (Å²) < 4.78 is 2.10. The van der Waals surface area contributed by atoms with Crippen molar-refractivity contribution in [2.24, 2.45) is 0 Å². The smallest absolute Gasteiger partial charge is 0.0625 e. The molecule has 1 rings (SSSR count). The summed E-state index contributed by atoms with van der Waals surface area (Å²) in [6.07, 6.45) is 4.38. The number of hydrogen-bond donors (Lipinski definition) is 1. The number of aliphatic hydroxyl groups excluding tert-OH is 1. The van der Waals surface area contributed by atoms with Gasteiger partial charge in [-0.2, -0.15) is 5.10 Å². The van der Waals surface area contributed by atoms with Gasteiger partial charge < -0.3 is 5.11 Å². The first-order valence-electron chi connectivity index (χ1n) is 5.78. The van der Waals surface area contributed by atoms with Crippen molar-refractivity contribution in [3.63, 3.8) is 0 Å². The maximum Gasteiger partial charge on any atom is 0.0625 e. The monoisotopic (exact) mass is 210 g/mol. The molecule has 0 radical (unpaired) electrons. The van der Waals surface area contributed by atoms with E-state index in [2.05, 4.69) is 30.6 Å². The third-order valence-electron chi connectivity index (χ3n) is 3.02. The molecule has 0 spiro atoms. The minimum Gasteiger partial charge on any atom is -0.396 e. The summed E-state index contributed by atoms with van der Waals surface area (Å²) >= 11 is 0. The number of unbranched alkanes of at least 4 members (excludes halogenated alkanes) is 3. The number of nitrogens with zero attached hydrogens (tertiary/aromatic N) is 2. The van der Waals surface area contributed by atoms with Gasteiger partial charge in [-0.1, -0.05) is 12.8 Å². The van der Waals surface area contributed by atoms with E-state index >= 15 is 0 Å². The van der Waals surface area contributed by atoms with Crippen LogP contribution >= 0.6 is 0 Å². The molecular formula is C12H22N2O. The minimum absolute atomic E-state index is 0.318. The number of aryl methyl sites for hydroxylation is 2. The normalized spacial score (nSPS) is 10.9. The third kappa shape index (κ3) is 3.34. The molecule has 1 aromatic rings. The van der Waals surface area contributed by atoms with E-state index in [1.807, 2.05) is 0 Å². The van der Waals surface area contributed by atoms with Crippen LogP contribution in [-0.4, -0.2) is 21.5 Å². The zero-order valence-electron chi connectivity index (χ0n) is 10.1. The molecule has 0 saturated heterocycles. The van der Waals surface area contributed by atoms with Crippen molar-refractivity contribution in [3.05, 3.63) is 17.0 Å². The number of hydrogen-bond acceptors (Lipinski definition) is 2. The molecule has 86 valence electrons.